The van der Waals surface area contributed by atoms with Gasteiger partial charge in [-0.25, -0.2) is 13.2 Å². The molecule has 0 aliphatic rings. The lowest BCUT2D eigenvalue weighted by molar-refractivity contribution is 0.186. The third-order valence-electron chi connectivity index (χ3n) is 3.95. The van der Waals surface area contributed by atoms with Crippen LogP contribution < -0.4 is 5.32 Å². The number of benzene rings is 1. The minimum atomic E-state index is -3.14. The van der Waals surface area contributed by atoms with Gasteiger partial charge in [0, 0.05) is 19.6 Å². The van der Waals surface area contributed by atoms with Crippen molar-refractivity contribution in [2.75, 3.05) is 19.3 Å². The Morgan fingerprint density at radius 1 is 1.17 bits per heavy atom. The molecule has 0 spiro atoms. The van der Waals surface area contributed by atoms with Crippen molar-refractivity contribution in [3.8, 4) is 0 Å². The molecule has 0 radical (unpaired) electrons. The van der Waals surface area contributed by atoms with Crippen LogP contribution in [0.2, 0.25) is 0 Å². The van der Waals surface area contributed by atoms with Crippen molar-refractivity contribution < 1.29 is 13.2 Å². The lowest BCUT2D eigenvalue weighted by atomic mass is 10.1. The lowest BCUT2D eigenvalue weighted by Crippen LogP contribution is -2.43. The molecule has 130 valence electrons. The summed E-state index contributed by atoms with van der Waals surface area (Å²) < 4.78 is 24.1. The first kappa shape index (κ1) is 19.5. The van der Waals surface area contributed by atoms with Gasteiger partial charge in [0.1, 0.15) is 0 Å². The molecule has 0 saturated carbocycles. The predicted octanol–water partition coefficient (Wildman–Crippen LogP) is 2.82. The van der Waals surface area contributed by atoms with Crippen molar-refractivity contribution in [1.29, 1.82) is 0 Å². The number of amides is 2. The molecule has 1 aromatic rings. The molecule has 1 aromatic carbocycles. The molecular weight excluding hydrogens is 312 g/mol. The SMILES string of the molecule is CCC(CC)N(C)C(=O)NCCCS(=O)(=O)Cc1ccccc1. The molecule has 0 fully saturated rings. The van der Waals surface area contributed by atoms with Gasteiger partial charge >= 0.3 is 6.03 Å². The van der Waals surface area contributed by atoms with E-state index in [1.54, 1.807) is 11.9 Å². The lowest BCUT2D eigenvalue weighted by Gasteiger charge is -2.26. The van der Waals surface area contributed by atoms with Gasteiger partial charge in [0.2, 0.25) is 0 Å². The highest BCUT2D eigenvalue weighted by atomic mass is 32.2. The summed E-state index contributed by atoms with van der Waals surface area (Å²) in [6, 6.07) is 9.23. The fourth-order valence-electron chi connectivity index (χ4n) is 2.51. The van der Waals surface area contributed by atoms with E-state index in [0.29, 0.717) is 13.0 Å². The molecule has 0 atom stereocenters. The highest BCUT2D eigenvalue weighted by Crippen LogP contribution is 2.08. The van der Waals surface area contributed by atoms with Crippen molar-refractivity contribution in [1.82, 2.24) is 10.2 Å². The second-order valence-corrected chi connectivity index (χ2v) is 7.93. The van der Waals surface area contributed by atoms with Gasteiger partial charge in [-0.3, -0.25) is 0 Å². The standard InChI is InChI=1S/C17H28N2O3S/c1-4-16(5-2)19(3)17(20)18-12-9-13-23(21,22)14-15-10-7-6-8-11-15/h6-8,10-11,16H,4-5,9,12-14H2,1-3H3,(H,18,20). The van der Waals surface area contributed by atoms with Gasteiger partial charge < -0.3 is 10.2 Å². The molecule has 0 aliphatic carbocycles. The normalized spacial score (nSPS) is 11.5. The summed E-state index contributed by atoms with van der Waals surface area (Å²) in [5.74, 6) is 0.131. The molecule has 0 unspecified atom stereocenters. The van der Waals surface area contributed by atoms with E-state index in [1.165, 1.54) is 0 Å². The fraction of sp³-hybridized carbons (Fsp3) is 0.588. The van der Waals surface area contributed by atoms with Crippen LogP contribution in [0.4, 0.5) is 4.79 Å². The molecular formula is C17H28N2O3S. The summed E-state index contributed by atoms with van der Waals surface area (Å²) in [6.07, 6.45) is 2.25. The van der Waals surface area contributed by atoms with Gasteiger partial charge in [-0.1, -0.05) is 44.2 Å². The third kappa shape index (κ3) is 7.03. The summed E-state index contributed by atoms with van der Waals surface area (Å²) in [5, 5.41) is 2.79. The number of hydrogen-bond donors (Lipinski definition) is 1. The highest BCUT2D eigenvalue weighted by Gasteiger charge is 2.16. The van der Waals surface area contributed by atoms with Gasteiger partial charge in [0.15, 0.2) is 9.84 Å². The minimum Gasteiger partial charge on any atom is -0.338 e. The molecule has 0 heterocycles. The van der Waals surface area contributed by atoms with Gasteiger partial charge in [-0.2, -0.15) is 0 Å². The number of urea groups is 1. The average Bonchev–Trinajstić information content (AvgIpc) is 2.53. The molecule has 0 bridgehead atoms. The second-order valence-electron chi connectivity index (χ2n) is 5.74. The van der Waals surface area contributed by atoms with Crippen LogP contribution in [-0.2, 0) is 15.6 Å². The number of carbonyl (C=O) groups is 1. The average molecular weight is 340 g/mol. The Labute approximate surface area is 140 Å². The van der Waals surface area contributed by atoms with Crippen molar-refractivity contribution in [2.45, 2.75) is 44.9 Å². The van der Waals surface area contributed by atoms with Crippen molar-refractivity contribution in [3.05, 3.63) is 35.9 Å². The van der Waals surface area contributed by atoms with Crippen LogP contribution in [-0.4, -0.2) is 44.7 Å². The van der Waals surface area contributed by atoms with Crippen LogP contribution in [0.15, 0.2) is 30.3 Å². The van der Waals surface area contributed by atoms with Gasteiger partial charge in [0.25, 0.3) is 0 Å². The first-order chi connectivity index (χ1) is 10.9. The second kappa shape index (κ2) is 9.55. The number of nitrogens with zero attached hydrogens (tertiary/aromatic N) is 1. The maximum Gasteiger partial charge on any atom is 0.317 e. The Bertz CT molecular complexity index is 569. The van der Waals surface area contributed by atoms with Gasteiger partial charge in [-0.05, 0) is 24.8 Å². The zero-order valence-electron chi connectivity index (χ0n) is 14.3. The largest absolute Gasteiger partial charge is 0.338 e. The van der Waals surface area contributed by atoms with E-state index in [2.05, 4.69) is 5.32 Å². The van der Waals surface area contributed by atoms with Crippen LogP contribution in [0.5, 0.6) is 0 Å². The van der Waals surface area contributed by atoms with Crippen LogP contribution in [0.1, 0.15) is 38.7 Å². The van der Waals surface area contributed by atoms with E-state index in [4.69, 9.17) is 0 Å². The number of rotatable bonds is 9. The highest BCUT2D eigenvalue weighted by molar-refractivity contribution is 7.90. The maximum absolute atomic E-state index is 12.1. The Morgan fingerprint density at radius 3 is 2.35 bits per heavy atom. The number of carbonyl (C=O) groups excluding carboxylic acids is 1. The number of hydrogen-bond acceptors (Lipinski definition) is 3. The van der Waals surface area contributed by atoms with Gasteiger partial charge in [-0.15, -0.1) is 0 Å². The van der Waals surface area contributed by atoms with Crippen molar-refractivity contribution >= 4 is 15.9 Å². The topological polar surface area (TPSA) is 66.5 Å². The number of nitrogens with one attached hydrogen (secondary N) is 1. The van der Waals surface area contributed by atoms with E-state index in [1.807, 2.05) is 44.2 Å². The first-order valence-electron chi connectivity index (χ1n) is 8.14. The van der Waals surface area contributed by atoms with E-state index < -0.39 is 9.84 Å². The number of sulfone groups is 1. The first-order valence-corrected chi connectivity index (χ1v) is 9.96. The smallest absolute Gasteiger partial charge is 0.317 e. The summed E-state index contributed by atoms with van der Waals surface area (Å²) in [4.78, 5) is 13.7. The predicted molar refractivity (Wildman–Crippen MR) is 94.1 cm³/mol. The van der Waals surface area contributed by atoms with Crippen LogP contribution >= 0.6 is 0 Å². The molecule has 6 heteroatoms. The summed E-state index contributed by atoms with van der Waals surface area (Å²) in [5.41, 5.74) is 0.796. The van der Waals surface area contributed by atoms with Crippen LogP contribution in [0.3, 0.4) is 0 Å². The Balaban J connectivity index is 2.35. The van der Waals surface area contributed by atoms with Crippen LogP contribution in [0, 0.1) is 0 Å². The molecule has 0 aliphatic heterocycles. The third-order valence-corrected chi connectivity index (χ3v) is 5.63. The molecule has 5 nitrogen and oxygen atoms in total. The van der Waals surface area contributed by atoms with Crippen molar-refractivity contribution in [2.24, 2.45) is 0 Å². The fourth-order valence-corrected chi connectivity index (χ4v) is 3.94. The van der Waals surface area contributed by atoms with Gasteiger partial charge in [0.05, 0.1) is 11.5 Å². The molecule has 0 saturated heterocycles. The molecule has 1 rings (SSSR count). The molecule has 1 N–H and O–H groups in total. The Kier molecular flexibility index (Phi) is 8.09. The van der Waals surface area contributed by atoms with E-state index >= 15 is 0 Å². The molecule has 2 amide bonds. The Hall–Kier alpha value is -1.56. The molecule has 0 aromatic heterocycles. The monoisotopic (exact) mass is 340 g/mol. The zero-order valence-corrected chi connectivity index (χ0v) is 15.1. The summed E-state index contributed by atoms with van der Waals surface area (Å²) in [6.45, 7) is 4.47. The van der Waals surface area contributed by atoms with E-state index in [0.717, 1.165) is 18.4 Å². The quantitative estimate of drug-likeness (QED) is 0.703. The van der Waals surface area contributed by atoms with E-state index in [-0.39, 0.29) is 23.6 Å². The zero-order chi connectivity index (χ0) is 17.3. The minimum absolute atomic E-state index is 0.0510. The van der Waals surface area contributed by atoms with Crippen LogP contribution in [0.25, 0.3) is 0 Å². The summed E-state index contributed by atoms with van der Waals surface area (Å²) >= 11 is 0. The van der Waals surface area contributed by atoms with Crippen molar-refractivity contribution in [3.63, 3.8) is 0 Å². The van der Waals surface area contributed by atoms with E-state index in [9.17, 15) is 13.2 Å². The summed E-state index contributed by atoms with van der Waals surface area (Å²) in [7, 11) is -1.37. The maximum atomic E-state index is 12.1. The molecule has 23 heavy (non-hydrogen) atoms. The Morgan fingerprint density at radius 2 is 1.78 bits per heavy atom.